The number of carbonyl (C=O) groups excluding carboxylic acids is 1. The van der Waals surface area contributed by atoms with Gasteiger partial charge >= 0.3 is 0 Å². The van der Waals surface area contributed by atoms with Crippen LogP contribution in [0.4, 0.5) is 24.5 Å². The molecule has 3 N–H and O–H groups in total. The van der Waals surface area contributed by atoms with E-state index in [0.29, 0.717) is 16.9 Å². The summed E-state index contributed by atoms with van der Waals surface area (Å²) < 4.78 is 42.5. The minimum Gasteiger partial charge on any atom is -0.369 e. The summed E-state index contributed by atoms with van der Waals surface area (Å²) in [6.45, 7) is 3.86. The summed E-state index contributed by atoms with van der Waals surface area (Å²) in [5, 5.41) is 6.14. The Balaban J connectivity index is 1.38. The number of piperazine rings is 1. The van der Waals surface area contributed by atoms with Crippen LogP contribution in [0.25, 0.3) is 22.8 Å². The van der Waals surface area contributed by atoms with Gasteiger partial charge in [-0.3, -0.25) is 4.79 Å². The average Bonchev–Trinajstić information content (AvgIpc) is 3.52. The van der Waals surface area contributed by atoms with Crippen molar-refractivity contribution in [3.8, 4) is 22.8 Å². The van der Waals surface area contributed by atoms with Gasteiger partial charge in [-0.25, -0.2) is 23.1 Å². The highest BCUT2D eigenvalue weighted by atomic mass is 19.3. The van der Waals surface area contributed by atoms with Crippen molar-refractivity contribution in [3.05, 3.63) is 72.6 Å². The molecule has 0 spiro atoms. The van der Waals surface area contributed by atoms with Gasteiger partial charge in [0.1, 0.15) is 17.2 Å². The Labute approximate surface area is 211 Å². The summed E-state index contributed by atoms with van der Waals surface area (Å²) in [4.78, 5) is 26.7. The van der Waals surface area contributed by atoms with Crippen LogP contribution in [0.15, 0.2) is 61.1 Å². The second kappa shape index (κ2) is 10.1. The van der Waals surface area contributed by atoms with Crippen LogP contribution >= 0.6 is 0 Å². The number of benzene rings is 2. The van der Waals surface area contributed by atoms with Crippen LogP contribution in [0, 0.1) is 5.82 Å². The number of aromatic nitrogens is 4. The second-order valence-electron chi connectivity index (χ2n) is 9.03. The van der Waals surface area contributed by atoms with Gasteiger partial charge in [0.25, 0.3) is 11.8 Å². The fourth-order valence-corrected chi connectivity index (χ4v) is 4.30. The first-order valence-corrected chi connectivity index (χ1v) is 11.9. The van der Waals surface area contributed by atoms with Crippen molar-refractivity contribution in [1.29, 1.82) is 0 Å². The van der Waals surface area contributed by atoms with Gasteiger partial charge in [0.05, 0.1) is 24.8 Å². The molecule has 11 heteroatoms. The van der Waals surface area contributed by atoms with Crippen molar-refractivity contribution >= 4 is 17.3 Å². The van der Waals surface area contributed by atoms with Crippen molar-refractivity contribution in [1.82, 2.24) is 24.8 Å². The zero-order valence-electron chi connectivity index (χ0n) is 20.1. The van der Waals surface area contributed by atoms with Gasteiger partial charge in [-0.1, -0.05) is 0 Å². The van der Waals surface area contributed by atoms with Gasteiger partial charge in [0.15, 0.2) is 5.82 Å². The summed E-state index contributed by atoms with van der Waals surface area (Å²) >= 11 is 0. The van der Waals surface area contributed by atoms with E-state index < -0.39 is 24.2 Å². The van der Waals surface area contributed by atoms with Crippen molar-refractivity contribution in [2.75, 3.05) is 36.4 Å². The molecule has 1 fully saturated rings. The predicted octanol–water partition coefficient (Wildman–Crippen LogP) is 4.40. The Morgan fingerprint density at radius 3 is 2.43 bits per heavy atom. The van der Waals surface area contributed by atoms with Crippen LogP contribution in [0.1, 0.15) is 17.4 Å². The third-order valence-corrected chi connectivity index (χ3v) is 6.06. The molecule has 1 aliphatic heterocycles. The number of anilines is 2. The van der Waals surface area contributed by atoms with Gasteiger partial charge in [-0.2, -0.15) is 0 Å². The average molecular weight is 510 g/mol. The molecule has 0 unspecified atom stereocenters. The lowest BCUT2D eigenvalue weighted by atomic mass is 10.1. The van der Waals surface area contributed by atoms with E-state index in [1.54, 1.807) is 0 Å². The molecule has 1 amide bonds. The highest BCUT2D eigenvalue weighted by molar-refractivity contribution is 6.03. The van der Waals surface area contributed by atoms with Crippen molar-refractivity contribution in [2.45, 2.75) is 19.4 Å². The molecule has 0 radical (unpaired) electrons. The minimum absolute atomic E-state index is 0.155. The summed E-state index contributed by atoms with van der Waals surface area (Å²) in [6.07, 6.45) is 2.63. The largest absolute Gasteiger partial charge is 0.369 e. The number of halogens is 3. The Hall–Kier alpha value is -4.12. The third kappa shape index (κ3) is 5.67. The molecule has 0 bridgehead atoms. The lowest BCUT2D eigenvalue weighted by Gasteiger charge is -2.29. The van der Waals surface area contributed by atoms with Crippen molar-refractivity contribution in [3.63, 3.8) is 0 Å². The number of imidazole rings is 2. The standard InChI is InChI=1S/C26H26F3N7O/c1-26(28,29)15-36-16-32-22(17-2-4-18(27)5-3-17)23(36)24-31-14-21(34-24)25(37)33-19-6-8-20(9-7-19)35-12-10-30-11-13-35/h2-9,14,16,30H,10-13,15H2,1H3,(H,31,34)(H,33,37). The number of hydrogen-bond acceptors (Lipinski definition) is 5. The number of nitrogens with one attached hydrogen (secondary N) is 3. The molecule has 2 aromatic carbocycles. The highest BCUT2D eigenvalue weighted by Gasteiger charge is 2.27. The summed E-state index contributed by atoms with van der Waals surface area (Å²) in [6, 6.07) is 13.1. The van der Waals surface area contributed by atoms with Crippen molar-refractivity contribution in [2.24, 2.45) is 0 Å². The number of H-pyrrole nitrogens is 1. The molecule has 1 aliphatic rings. The molecule has 2 aromatic heterocycles. The molecule has 192 valence electrons. The lowest BCUT2D eigenvalue weighted by Crippen LogP contribution is -2.43. The molecular weight excluding hydrogens is 483 g/mol. The summed E-state index contributed by atoms with van der Waals surface area (Å²) in [7, 11) is 0. The monoisotopic (exact) mass is 509 g/mol. The van der Waals surface area contributed by atoms with Gasteiger partial charge in [0.2, 0.25) is 0 Å². The summed E-state index contributed by atoms with van der Waals surface area (Å²) in [5.74, 6) is -3.67. The van der Waals surface area contributed by atoms with Gasteiger partial charge < -0.3 is 25.1 Å². The van der Waals surface area contributed by atoms with E-state index in [1.807, 2.05) is 24.3 Å². The third-order valence-electron chi connectivity index (χ3n) is 6.06. The van der Waals surface area contributed by atoms with Gasteiger partial charge in [-0.15, -0.1) is 0 Å². The lowest BCUT2D eigenvalue weighted by molar-refractivity contribution is 0.00427. The number of alkyl halides is 2. The maximum atomic E-state index is 13.9. The fraction of sp³-hybridized carbons (Fsp3) is 0.269. The molecule has 1 saturated heterocycles. The Kier molecular flexibility index (Phi) is 6.70. The molecule has 8 nitrogen and oxygen atoms in total. The SMILES string of the molecule is CC(F)(F)Cn1cnc(-c2ccc(F)cc2)c1-c1ncc(C(=O)Nc2ccc(N3CCNCC3)cc2)[nH]1. The maximum absolute atomic E-state index is 13.9. The zero-order valence-corrected chi connectivity index (χ0v) is 20.1. The number of carbonyl (C=O) groups is 1. The maximum Gasteiger partial charge on any atom is 0.273 e. The predicted molar refractivity (Wildman–Crippen MR) is 135 cm³/mol. The molecular formula is C26H26F3N7O. The number of rotatable bonds is 7. The smallest absolute Gasteiger partial charge is 0.273 e. The van der Waals surface area contributed by atoms with Crippen molar-refractivity contribution < 1.29 is 18.0 Å². The molecule has 5 rings (SSSR count). The second-order valence-corrected chi connectivity index (χ2v) is 9.03. The molecule has 0 aliphatic carbocycles. The van der Waals surface area contributed by atoms with Crippen LogP contribution in [-0.4, -0.2) is 57.5 Å². The first kappa shape index (κ1) is 24.6. The van der Waals surface area contributed by atoms with Gasteiger partial charge in [-0.05, 0) is 48.5 Å². The van der Waals surface area contributed by atoms with E-state index in [9.17, 15) is 18.0 Å². The van der Waals surface area contributed by atoms with E-state index in [0.717, 1.165) is 38.8 Å². The normalized spacial score (nSPS) is 14.1. The highest BCUT2D eigenvalue weighted by Crippen LogP contribution is 2.31. The molecule has 4 aromatic rings. The first-order valence-electron chi connectivity index (χ1n) is 11.9. The Morgan fingerprint density at radius 2 is 1.76 bits per heavy atom. The topological polar surface area (TPSA) is 90.9 Å². The number of hydrogen-bond donors (Lipinski definition) is 3. The summed E-state index contributed by atoms with van der Waals surface area (Å²) in [5.41, 5.74) is 2.99. The minimum atomic E-state index is -3.01. The fourth-order valence-electron chi connectivity index (χ4n) is 4.30. The van der Waals surface area contributed by atoms with Crippen LogP contribution in [0.2, 0.25) is 0 Å². The Morgan fingerprint density at radius 1 is 1.05 bits per heavy atom. The molecule has 0 atom stereocenters. The van der Waals surface area contributed by atoms with E-state index in [2.05, 4.69) is 30.5 Å². The van der Waals surface area contributed by atoms with Gasteiger partial charge in [0, 0.05) is 50.0 Å². The van der Waals surface area contributed by atoms with E-state index in [-0.39, 0.29) is 17.2 Å². The quantitative estimate of drug-likeness (QED) is 0.344. The van der Waals surface area contributed by atoms with E-state index >= 15 is 0 Å². The molecule has 0 saturated carbocycles. The first-order chi connectivity index (χ1) is 17.8. The Bertz CT molecular complexity index is 1370. The van der Waals surface area contributed by atoms with Crippen LogP contribution in [-0.2, 0) is 6.54 Å². The molecule has 3 heterocycles. The van der Waals surface area contributed by atoms with E-state index in [4.69, 9.17) is 0 Å². The van der Waals surface area contributed by atoms with Crippen LogP contribution in [0.5, 0.6) is 0 Å². The van der Waals surface area contributed by atoms with E-state index in [1.165, 1.54) is 41.4 Å². The number of amides is 1. The number of nitrogens with zero attached hydrogens (tertiary/aromatic N) is 4. The molecule has 37 heavy (non-hydrogen) atoms. The van der Waals surface area contributed by atoms with Crippen LogP contribution < -0.4 is 15.5 Å². The zero-order chi connectivity index (χ0) is 26.0. The van der Waals surface area contributed by atoms with Crippen LogP contribution in [0.3, 0.4) is 0 Å². The number of aromatic amines is 1.